The number of ether oxygens (including phenoxy) is 1. The number of para-hydroxylation sites is 1. The van der Waals surface area contributed by atoms with Crippen LogP contribution in [-0.2, 0) is 4.79 Å². The minimum absolute atomic E-state index is 0.125. The fourth-order valence-electron chi connectivity index (χ4n) is 1.17. The average Bonchev–Trinajstić information content (AvgIpc) is 2.17. The number of methoxy groups -OCH3 is 1. The molecule has 0 saturated carbocycles. The molecule has 3 nitrogen and oxygen atoms in total. The number of primary amides is 1. The van der Waals surface area contributed by atoms with Crippen LogP contribution in [0.2, 0.25) is 0 Å². The molecular weight excluding hydrogens is 197 g/mol. The molecule has 0 fully saturated rings. The van der Waals surface area contributed by atoms with Crippen LogP contribution in [0.4, 0.5) is 4.39 Å². The molecule has 4 heteroatoms. The third-order valence-corrected chi connectivity index (χ3v) is 1.82. The lowest BCUT2D eigenvalue weighted by molar-refractivity contribution is -0.117. The van der Waals surface area contributed by atoms with E-state index < -0.39 is 11.7 Å². The largest absolute Gasteiger partial charge is 0.493 e. The van der Waals surface area contributed by atoms with E-state index in [1.807, 2.05) is 0 Å². The molecule has 0 heterocycles. The molecule has 1 aromatic carbocycles. The lowest BCUT2D eigenvalue weighted by Gasteiger charge is -2.04. The lowest BCUT2D eigenvalue weighted by Crippen LogP contribution is -2.07. The van der Waals surface area contributed by atoms with E-state index in [0.29, 0.717) is 5.56 Å². The first-order chi connectivity index (χ1) is 7.15. The summed E-state index contributed by atoms with van der Waals surface area (Å²) in [6.45, 7) is 0. The van der Waals surface area contributed by atoms with E-state index in [-0.39, 0.29) is 12.2 Å². The van der Waals surface area contributed by atoms with Crippen molar-refractivity contribution in [3.8, 4) is 5.75 Å². The second kappa shape index (κ2) is 5.14. The van der Waals surface area contributed by atoms with Crippen LogP contribution < -0.4 is 10.5 Å². The van der Waals surface area contributed by atoms with Gasteiger partial charge in [-0.15, -0.1) is 0 Å². The molecule has 0 atom stereocenters. The normalized spacial score (nSPS) is 10.5. The van der Waals surface area contributed by atoms with Crippen LogP contribution in [0, 0.1) is 5.82 Å². The van der Waals surface area contributed by atoms with E-state index >= 15 is 0 Å². The van der Waals surface area contributed by atoms with Crippen LogP contribution >= 0.6 is 0 Å². The third-order valence-electron chi connectivity index (χ3n) is 1.82. The monoisotopic (exact) mass is 209 g/mol. The predicted octanol–water partition coefficient (Wildman–Crippen LogP) is 1.72. The van der Waals surface area contributed by atoms with E-state index in [1.165, 1.54) is 13.2 Å². The smallest absolute Gasteiger partial charge is 0.221 e. The van der Waals surface area contributed by atoms with Crippen LogP contribution in [-0.4, -0.2) is 13.0 Å². The van der Waals surface area contributed by atoms with Crippen molar-refractivity contribution in [1.82, 2.24) is 0 Å². The molecule has 0 aliphatic carbocycles. The maximum absolute atomic E-state index is 13.2. The molecular formula is C11H12FNO2. The van der Waals surface area contributed by atoms with E-state index in [4.69, 9.17) is 10.5 Å². The van der Waals surface area contributed by atoms with Gasteiger partial charge in [0.05, 0.1) is 7.11 Å². The lowest BCUT2D eigenvalue weighted by atomic mass is 10.1. The Balaban J connectivity index is 2.89. The van der Waals surface area contributed by atoms with Gasteiger partial charge in [-0.3, -0.25) is 4.79 Å². The number of hydrogen-bond donors (Lipinski definition) is 1. The number of amides is 1. The molecule has 1 rings (SSSR count). The van der Waals surface area contributed by atoms with E-state index in [1.54, 1.807) is 24.3 Å². The number of rotatable bonds is 4. The summed E-state index contributed by atoms with van der Waals surface area (Å²) >= 11 is 0. The molecule has 0 saturated heterocycles. The second-order valence-electron chi connectivity index (χ2n) is 2.94. The number of carbonyl (C=O) groups excluding carboxylic acids is 1. The summed E-state index contributed by atoms with van der Waals surface area (Å²) in [5, 5.41) is 0. The van der Waals surface area contributed by atoms with Gasteiger partial charge >= 0.3 is 0 Å². The number of benzene rings is 1. The molecule has 2 N–H and O–H groups in total. The molecule has 0 aliphatic rings. The van der Waals surface area contributed by atoms with Gasteiger partial charge in [0.15, 0.2) is 11.6 Å². The van der Waals surface area contributed by atoms with E-state index in [2.05, 4.69) is 0 Å². The Kier molecular flexibility index (Phi) is 3.85. The topological polar surface area (TPSA) is 52.3 Å². The molecule has 0 unspecified atom stereocenters. The van der Waals surface area contributed by atoms with E-state index in [9.17, 15) is 9.18 Å². The summed E-state index contributed by atoms with van der Waals surface area (Å²) in [5.41, 5.74) is 5.54. The highest BCUT2D eigenvalue weighted by molar-refractivity contribution is 5.76. The maximum Gasteiger partial charge on any atom is 0.221 e. The van der Waals surface area contributed by atoms with Crippen molar-refractivity contribution in [3.05, 3.63) is 35.7 Å². The minimum atomic E-state index is -0.432. The molecule has 0 spiro atoms. The summed E-state index contributed by atoms with van der Waals surface area (Å²) in [4.78, 5) is 10.5. The van der Waals surface area contributed by atoms with Crippen molar-refractivity contribution in [2.45, 2.75) is 6.42 Å². The molecule has 15 heavy (non-hydrogen) atoms. The zero-order valence-corrected chi connectivity index (χ0v) is 8.37. The number of halogens is 1. The van der Waals surface area contributed by atoms with Crippen LogP contribution in [0.5, 0.6) is 5.75 Å². The van der Waals surface area contributed by atoms with Crippen molar-refractivity contribution in [3.63, 3.8) is 0 Å². The minimum Gasteiger partial charge on any atom is -0.493 e. The maximum atomic E-state index is 13.2. The summed E-state index contributed by atoms with van der Waals surface area (Å²) in [6, 6.07) is 4.57. The van der Waals surface area contributed by atoms with Gasteiger partial charge in [0.25, 0.3) is 0 Å². The van der Waals surface area contributed by atoms with Gasteiger partial charge in [-0.1, -0.05) is 24.3 Å². The molecule has 1 amide bonds. The van der Waals surface area contributed by atoms with Crippen LogP contribution in [0.1, 0.15) is 12.0 Å². The first kappa shape index (κ1) is 11.2. The van der Waals surface area contributed by atoms with E-state index in [0.717, 1.165) is 0 Å². The number of hydrogen-bond acceptors (Lipinski definition) is 2. The van der Waals surface area contributed by atoms with Gasteiger partial charge in [0.1, 0.15) is 0 Å². The zero-order valence-electron chi connectivity index (χ0n) is 8.37. The van der Waals surface area contributed by atoms with Gasteiger partial charge in [-0.25, -0.2) is 4.39 Å². The summed E-state index contributed by atoms with van der Waals surface area (Å²) < 4.78 is 18.1. The molecule has 0 bridgehead atoms. The van der Waals surface area contributed by atoms with Crippen molar-refractivity contribution in [1.29, 1.82) is 0 Å². The van der Waals surface area contributed by atoms with Gasteiger partial charge in [0.2, 0.25) is 5.91 Å². The van der Waals surface area contributed by atoms with Crippen molar-refractivity contribution < 1.29 is 13.9 Å². The van der Waals surface area contributed by atoms with Gasteiger partial charge in [-0.05, 0) is 6.07 Å². The number of nitrogens with two attached hydrogens (primary N) is 1. The first-order valence-electron chi connectivity index (χ1n) is 4.42. The first-order valence-corrected chi connectivity index (χ1v) is 4.42. The molecule has 80 valence electrons. The standard InChI is InChI=1S/C11H12FNO2/c1-15-11-8(4-2-6-9(11)12)5-3-7-10(13)14/h2-6H,7H2,1H3,(H2,13,14). The Morgan fingerprint density at radius 3 is 2.93 bits per heavy atom. The Labute approximate surface area is 87.3 Å². The summed E-state index contributed by atoms with van der Waals surface area (Å²) in [5.74, 6) is -0.696. The van der Waals surface area contributed by atoms with Gasteiger partial charge in [-0.2, -0.15) is 0 Å². The highest BCUT2D eigenvalue weighted by atomic mass is 19.1. The summed E-state index contributed by atoms with van der Waals surface area (Å²) in [7, 11) is 1.39. The van der Waals surface area contributed by atoms with Crippen molar-refractivity contribution in [2.24, 2.45) is 5.73 Å². The Morgan fingerprint density at radius 1 is 1.60 bits per heavy atom. The third kappa shape index (κ3) is 3.09. The van der Waals surface area contributed by atoms with Gasteiger partial charge < -0.3 is 10.5 Å². The highest BCUT2D eigenvalue weighted by Gasteiger charge is 2.05. The molecule has 0 radical (unpaired) electrons. The average molecular weight is 209 g/mol. The predicted molar refractivity (Wildman–Crippen MR) is 55.8 cm³/mol. The van der Waals surface area contributed by atoms with Crippen molar-refractivity contribution >= 4 is 12.0 Å². The molecule has 0 aliphatic heterocycles. The Morgan fingerprint density at radius 2 is 2.33 bits per heavy atom. The zero-order chi connectivity index (χ0) is 11.3. The molecule has 1 aromatic rings. The molecule has 0 aromatic heterocycles. The number of carbonyl (C=O) groups is 1. The SMILES string of the molecule is COc1c(F)cccc1C=CCC(N)=O. The van der Waals surface area contributed by atoms with Gasteiger partial charge in [0, 0.05) is 12.0 Å². The van der Waals surface area contributed by atoms with Crippen LogP contribution in [0.15, 0.2) is 24.3 Å². The second-order valence-corrected chi connectivity index (χ2v) is 2.94. The Bertz CT molecular complexity index is 388. The van der Waals surface area contributed by atoms with Crippen LogP contribution in [0.25, 0.3) is 6.08 Å². The fourth-order valence-corrected chi connectivity index (χ4v) is 1.17. The van der Waals surface area contributed by atoms with Crippen LogP contribution in [0.3, 0.4) is 0 Å². The highest BCUT2D eigenvalue weighted by Crippen LogP contribution is 2.23. The fraction of sp³-hybridized carbons (Fsp3) is 0.182. The van der Waals surface area contributed by atoms with Crippen molar-refractivity contribution in [2.75, 3.05) is 7.11 Å². The Hall–Kier alpha value is -1.84. The quantitative estimate of drug-likeness (QED) is 0.820. The summed E-state index contributed by atoms with van der Waals surface area (Å²) in [6.07, 6.45) is 3.30.